The van der Waals surface area contributed by atoms with Gasteiger partial charge in [-0.1, -0.05) is 36.4 Å². The average molecular weight is 433 g/mol. The zero-order chi connectivity index (χ0) is 20.6. The summed E-state index contributed by atoms with van der Waals surface area (Å²) < 4.78 is 44.6. The van der Waals surface area contributed by atoms with Crippen molar-refractivity contribution in [3.05, 3.63) is 89.0 Å². The monoisotopic (exact) mass is 433 g/mol. The highest BCUT2D eigenvalue weighted by atomic mass is 31.1. The molecule has 2 unspecified atom stereocenters. The predicted molar refractivity (Wildman–Crippen MR) is 104 cm³/mol. The molecule has 11 heteroatoms. The third kappa shape index (κ3) is 6.24. The first-order chi connectivity index (χ1) is 14.0. The molecule has 0 fully saturated rings. The maximum absolute atomic E-state index is 12.0. The Morgan fingerprint density at radius 2 is 1.00 bits per heavy atom. The Bertz CT molecular complexity index is 957. The van der Waals surface area contributed by atoms with E-state index in [4.69, 9.17) is 18.1 Å². The molecule has 0 saturated heterocycles. The Labute approximate surface area is 166 Å². The van der Waals surface area contributed by atoms with E-state index in [0.717, 1.165) is 12.1 Å². The van der Waals surface area contributed by atoms with Crippen molar-refractivity contribution in [2.24, 2.45) is 0 Å². The van der Waals surface area contributed by atoms with Crippen LogP contribution in [0.2, 0.25) is 0 Å². The zero-order valence-corrected chi connectivity index (χ0v) is 16.4. The molecule has 0 saturated carbocycles. The highest BCUT2D eigenvalue weighted by Gasteiger charge is 2.29. The summed E-state index contributed by atoms with van der Waals surface area (Å²) in [4.78, 5) is 10.4. The number of rotatable bonds is 9. The Kier molecular flexibility index (Phi) is 6.68. The lowest BCUT2D eigenvalue weighted by atomic mass is 10.3. The Hall–Kier alpha value is -3.54. The molecule has 9 nitrogen and oxygen atoms in total. The summed E-state index contributed by atoms with van der Waals surface area (Å²) in [7, 11) is -5.34. The summed E-state index contributed by atoms with van der Waals surface area (Å²) in [5, 5.41) is 11.1. The van der Waals surface area contributed by atoms with Crippen molar-refractivity contribution in [1.82, 2.24) is 0 Å². The quantitative estimate of drug-likeness (QED) is 0.235. The van der Waals surface area contributed by atoms with E-state index in [-0.39, 0.29) is 11.5 Å². The zero-order valence-electron chi connectivity index (χ0n) is 14.6. The minimum Gasteiger partial charge on any atom is -0.258 e. The van der Waals surface area contributed by atoms with Crippen LogP contribution in [0.4, 0.5) is 5.69 Å². The van der Waals surface area contributed by atoms with Gasteiger partial charge in [-0.15, -0.1) is 0 Å². The van der Waals surface area contributed by atoms with Gasteiger partial charge in [-0.3, -0.25) is 10.1 Å². The fourth-order valence-electron chi connectivity index (χ4n) is 2.11. The Morgan fingerprint density at radius 1 is 0.621 bits per heavy atom. The first-order valence-electron chi connectivity index (χ1n) is 8.05. The summed E-state index contributed by atoms with van der Waals surface area (Å²) in [6.07, 6.45) is 0. The van der Waals surface area contributed by atoms with Gasteiger partial charge in [0.15, 0.2) is 11.5 Å². The molecule has 0 aliphatic heterocycles. The van der Waals surface area contributed by atoms with Crippen LogP contribution < -0.4 is 18.1 Å². The molecule has 0 spiro atoms. The van der Waals surface area contributed by atoms with Crippen molar-refractivity contribution in [2.75, 3.05) is 0 Å². The predicted octanol–water partition coefficient (Wildman–Crippen LogP) is 5.83. The summed E-state index contributed by atoms with van der Waals surface area (Å²) in [6.45, 7) is 0. The second-order valence-electron chi connectivity index (χ2n) is 5.36. The number of nitro groups is 1. The van der Waals surface area contributed by atoms with Crippen LogP contribution in [0.25, 0.3) is 0 Å². The molecule has 0 radical (unpaired) electrons. The lowest BCUT2D eigenvalue weighted by Gasteiger charge is -1.98. The maximum Gasteiger partial charge on any atom is 0.805 e. The van der Waals surface area contributed by atoms with E-state index in [1.54, 1.807) is 60.7 Å². The number of nitro benzene ring substituents is 1. The van der Waals surface area contributed by atoms with E-state index >= 15 is 0 Å². The molecule has 29 heavy (non-hydrogen) atoms. The van der Waals surface area contributed by atoms with Crippen molar-refractivity contribution in [1.29, 1.82) is 0 Å². The fraction of sp³-hybridized carbons (Fsp3) is 0. The Balaban J connectivity index is 1.72. The molecule has 0 aromatic heterocycles. The number of nitrogens with zero attached hydrogens (tertiary/aromatic N) is 1. The first kappa shape index (κ1) is 20.2. The van der Waals surface area contributed by atoms with Crippen LogP contribution >= 0.6 is 16.5 Å². The van der Waals surface area contributed by atoms with E-state index in [1.165, 1.54) is 6.07 Å². The third-order valence-electron chi connectivity index (χ3n) is 3.28. The highest BCUT2D eigenvalue weighted by molar-refractivity contribution is 7.34. The van der Waals surface area contributed by atoms with Crippen LogP contribution in [0.3, 0.4) is 0 Å². The van der Waals surface area contributed by atoms with E-state index in [0.29, 0.717) is 11.5 Å². The van der Waals surface area contributed by atoms with Gasteiger partial charge < -0.3 is 0 Å². The fourth-order valence-corrected chi connectivity index (χ4v) is 3.33. The molecule has 0 heterocycles. The average Bonchev–Trinajstić information content (AvgIpc) is 2.69. The van der Waals surface area contributed by atoms with Crippen LogP contribution in [0, 0.1) is 10.1 Å². The summed E-state index contributed by atoms with van der Waals surface area (Å²) in [6, 6.07) is 19.8. The standard InChI is InChI=1S/C18H13NO8P2/c20-19(21)14-11-17(26-28(22)24-15-7-3-1-4-8-15)13-18(12-14)27-29(23)25-16-9-5-2-6-10-16/h1-13H/q+2. The number of benzene rings is 3. The van der Waals surface area contributed by atoms with Crippen molar-refractivity contribution < 1.29 is 32.1 Å². The Morgan fingerprint density at radius 3 is 1.38 bits per heavy atom. The van der Waals surface area contributed by atoms with Crippen molar-refractivity contribution in [2.45, 2.75) is 0 Å². The van der Waals surface area contributed by atoms with Crippen molar-refractivity contribution in [3.8, 4) is 23.0 Å². The van der Waals surface area contributed by atoms with Gasteiger partial charge in [-0.25, -0.2) is 18.1 Å². The molecule has 0 aliphatic rings. The molecule has 0 aliphatic carbocycles. The number of para-hydroxylation sites is 2. The highest BCUT2D eigenvalue weighted by Crippen LogP contribution is 2.38. The number of hydrogen-bond donors (Lipinski definition) is 0. The smallest absolute Gasteiger partial charge is 0.258 e. The molecular formula is C18H13NO8P2+2. The minimum absolute atomic E-state index is 0.158. The van der Waals surface area contributed by atoms with Crippen molar-refractivity contribution in [3.63, 3.8) is 0 Å². The van der Waals surface area contributed by atoms with E-state index in [1.807, 2.05) is 0 Å². The van der Waals surface area contributed by atoms with Gasteiger partial charge in [-0.2, -0.15) is 0 Å². The van der Waals surface area contributed by atoms with Gasteiger partial charge in [0.25, 0.3) is 5.69 Å². The summed E-state index contributed by atoms with van der Waals surface area (Å²) in [5.41, 5.74) is -0.413. The molecule has 0 amide bonds. The van der Waals surface area contributed by atoms with E-state index in [9.17, 15) is 19.2 Å². The van der Waals surface area contributed by atoms with Crippen LogP contribution in [-0.4, -0.2) is 4.92 Å². The van der Waals surface area contributed by atoms with Gasteiger partial charge in [0.2, 0.25) is 11.5 Å². The van der Waals surface area contributed by atoms with E-state index < -0.39 is 27.1 Å². The lowest BCUT2D eigenvalue weighted by molar-refractivity contribution is -0.384. The molecule has 3 rings (SSSR count). The van der Waals surface area contributed by atoms with Gasteiger partial charge >= 0.3 is 16.5 Å². The number of non-ortho nitro benzene ring substituents is 1. The van der Waals surface area contributed by atoms with Gasteiger partial charge in [0, 0.05) is 15.2 Å². The van der Waals surface area contributed by atoms with Gasteiger partial charge in [0.05, 0.1) is 17.1 Å². The van der Waals surface area contributed by atoms with Gasteiger partial charge in [0.1, 0.15) is 0 Å². The molecule has 146 valence electrons. The molecule has 2 atom stereocenters. The molecule has 0 bridgehead atoms. The summed E-state index contributed by atoms with van der Waals surface area (Å²) >= 11 is 0. The van der Waals surface area contributed by atoms with Crippen LogP contribution in [0.1, 0.15) is 0 Å². The normalized spacial score (nSPS) is 11.2. The maximum atomic E-state index is 12.0. The largest absolute Gasteiger partial charge is 0.805 e. The topological polar surface area (TPSA) is 114 Å². The van der Waals surface area contributed by atoms with E-state index in [2.05, 4.69) is 0 Å². The second kappa shape index (κ2) is 9.59. The molecular weight excluding hydrogens is 420 g/mol. The minimum atomic E-state index is -2.67. The van der Waals surface area contributed by atoms with Crippen LogP contribution in [0.5, 0.6) is 23.0 Å². The first-order valence-corrected chi connectivity index (χ1v) is 10.2. The van der Waals surface area contributed by atoms with Crippen LogP contribution in [0.15, 0.2) is 78.9 Å². The van der Waals surface area contributed by atoms with Crippen molar-refractivity contribution >= 4 is 22.2 Å². The number of hydrogen-bond acceptors (Lipinski definition) is 8. The summed E-state index contributed by atoms with van der Waals surface area (Å²) in [5.74, 6) is 0.286. The molecule has 3 aromatic carbocycles. The SMILES string of the molecule is O=[N+]([O-])c1cc(O[P+](=O)Oc2ccccc2)cc(O[P+](=O)Oc2ccccc2)c1. The molecule has 3 aromatic rings. The molecule has 0 N–H and O–H groups in total. The van der Waals surface area contributed by atoms with Gasteiger partial charge in [-0.05, 0) is 24.3 Å². The second-order valence-corrected chi connectivity index (χ2v) is 6.98. The third-order valence-corrected chi connectivity index (χ3v) is 4.72. The van der Waals surface area contributed by atoms with Crippen LogP contribution in [-0.2, 0) is 9.13 Å². The lowest BCUT2D eigenvalue weighted by Crippen LogP contribution is -1.94.